The summed E-state index contributed by atoms with van der Waals surface area (Å²) in [5.74, 6) is 0.676. The molecule has 0 bridgehead atoms. The molecule has 4 heteroatoms. The Bertz CT molecular complexity index is 664. The molecule has 0 atom stereocenters. The standard InChI is InChI=1S/C21H25ClN2O/c22-20-8-6-17(7-9-20)14-21(25)23-15-18-10-12-24(13-11-18)16-19-4-2-1-3-5-19/h1-9,18H,10-16H2,(H,23,25). The van der Waals surface area contributed by atoms with E-state index in [1.807, 2.05) is 24.3 Å². The quantitative estimate of drug-likeness (QED) is 0.851. The molecule has 0 radical (unpaired) electrons. The lowest BCUT2D eigenvalue weighted by atomic mass is 9.96. The molecule has 0 saturated carbocycles. The number of hydrogen-bond acceptors (Lipinski definition) is 2. The van der Waals surface area contributed by atoms with E-state index in [1.54, 1.807) is 0 Å². The number of nitrogens with one attached hydrogen (secondary N) is 1. The second-order valence-electron chi connectivity index (χ2n) is 6.81. The molecule has 2 aromatic rings. The van der Waals surface area contributed by atoms with Crippen LogP contribution in [0.2, 0.25) is 5.02 Å². The third-order valence-electron chi connectivity index (χ3n) is 4.82. The van der Waals surface area contributed by atoms with Gasteiger partial charge < -0.3 is 5.32 Å². The number of likely N-dealkylation sites (tertiary alicyclic amines) is 1. The van der Waals surface area contributed by atoms with Crippen LogP contribution >= 0.6 is 11.6 Å². The van der Waals surface area contributed by atoms with Crippen LogP contribution in [0, 0.1) is 5.92 Å². The van der Waals surface area contributed by atoms with E-state index >= 15 is 0 Å². The third kappa shape index (κ3) is 5.87. The van der Waals surface area contributed by atoms with Crippen molar-refractivity contribution in [1.29, 1.82) is 0 Å². The molecule has 2 aromatic carbocycles. The van der Waals surface area contributed by atoms with Gasteiger partial charge in [-0.1, -0.05) is 54.1 Å². The number of carbonyl (C=O) groups excluding carboxylic acids is 1. The molecule has 1 N–H and O–H groups in total. The van der Waals surface area contributed by atoms with Gasteiger partial charge in [0.1, 0.15) is 0 Å². The maximum Gasteiger partial charge on any atom is 0.224 e. The minimum Gasteiger partial charge on any atom is -0.356 e. The number of carbonyl (C=O) groups is 1. The van der Waals surface area contributed by atoms with Crippen molar-refractivity contribution in [3.63, 3.8) is 0 Å². The van der Waals surface area contributed by atoms with E-state index in [0.717, 1.165) is 44.6 Å². The predicted octanol–water partition coefficient (Wildman–Crippen LogP) is 3.91. The minimum atomic E-state index is 0.0917. The molecule has 132 valence electrons. The number of rotatable bonds is 6. The molecular weight excluding hydrogens is 332 g/mol. The van der Waals surface area contributed by atoms with E-state index in [-0.39, 0.29) is 5.91 Å². The Balaban J connectivity index is 1.36. The summed E-state index contributed by atoms with van der Waals surface area (Å²) >= 11 is 5.87. The second-order valence-corrected chi connectivity index (χ2v) is 7.25. The van der Waals surface area contributed by atoms with Gasteiger partial charge in [0.25, 0.3) is 0 Å². The normalized spacial score (nSPS) is 15.9. The Hall–Kier alpha value is -1.84. The summed E-state index contributed by atoms with van der Waals surface area (Å²) in [5.41, 5.74) is 2.37. The van der Waals surface area contributed by atoms with Gasteiger partial charge in [-0.2, -0.15) is 0 Å². The fourth-order valence-electron chi connectivity index (χ4n) is 3.30. The van der Waals surface area contributed by atoms with E-state index in [1.165, 1.54) is 5.56 Å². The van der Waals surface area contributed by atoms with Gasteiger partial charge in [0.2, 0.25) is 5.91 Å². The summed E-state index contributed by atoms with van der Waals surface area (Å²) in [7, 11) is 0. The zero-order valence-electron chi connectivity index (χ0n) is 14.5. The molecule has 0 spiro atoms. The molecule has 3 nitrogen and oxygen atoms in total. The van der Waals surface area contributed by atoms with Crippen LogP contribution < -0.4 is 5.32 Å². The van der Waals surface area contributed by atoms with Crippen molar-refractivity contribution in [3.8, 4) is 0 Å². The average molecular weight is 357 g/mol. The highest BCUT2D eigenvalue weighted by atomic mass is 35.5. The van der Waals surface area contributed by atoms with Crippen molar-refractivity contribution in [3.05, 3.63) is 70.7 Å². The summed E-state index contributed by atoms with van der Waals surface area (Å²) in [6, 6.07) is 18.1. The molecule has 1 aliphatic heterocycles. The van der Waals surface area contributed by atoms with E-state index in [2.05, 4.69) is 40.5 Å². The van der Waals surface area contributed by atoms with Gasteiger partial charge in [0, 0.05) is 18.1 Å². The number of halogens is 1. The number of hydrogen-bond donors (Lipinski definition) is 1. The first-order valence-electron chi connectivity index (χ1n) is 8.96. The molecule has 1 aliphatic rings. The largest absolute Gasteiger partial charge is 0.356 e. The van der Waals surface area contributed by atoms with Crippen LogP contribution in [-0.2, 0) is 17.8 Å². The number of amides is 1. The number of benzene rings is 2. The van der Waals surface area contributed by atoms with Crippen molar-refractivity contribution >= 4 is 17.5 Å². The van der Waals surface area contributed by atoms with E-state index < -0.39 is 0 Å². The lowest BCUT2D eigenvalue weighted by molar-refractivity contribution is -0.120. The fraction of sp³-hybridized carbons (Fsp3) is 0.381. The van der Waals surface area contributed by atoms with Gasteiger partial charge in [-0.3, -0.25) is 9.69 Å². The molecule has 1 fully saturated rings. The first-order chi connectivity index (χ1) is 12.2. The minimum absolute atomic E-state index is 0.0917. The van der Waals surface area contributed by atoms with E-state index in [4.69, 9.17) is 11.6 Å². The Morgan fingerprint density at radius 1 is 1.00 bits per heavy atom. The molecule has 3 rings (SSSR count). The summed E-state index contributed by atoms with van der Waals surface area (Å²) in [6.07, 6.45) is 2.71. The van der Waals surface area contributed by atoms with Crippen LogP contribution in [0.1, 0.15) is 24.0 Å². The summed E-state index contributed by atoms with van der Waals surface area (Å²) in [4.78, 5) is 14.6. The predicted molar refractivity (Wildman–Crippen MR) is 103 cm³/mol. The van der Waals surface area contributed by atoms with E-state index in [0.29, 0.717) is 17.4 Å². The van der Waals surface area contributed by atoms with Gasteiger partial charge in [0.05, 0.1) is 6.42 Å². The second kappa shape index (κ2) is 9.02. The van der Waals surface area contributed by atoms with Gasteiger partial charge in [-0.25, -0.2) is 0 Å². The van der Waals surface area contributed by atoms with Gasteiger partial charge >= 0.3 is 0 Å². The van der Waals surface area contributed by atoms with Gasteiger partial charge in [0.15, 0.2) is 0 Å². The van der Waals surface area contributed by atoms with Crippen molar-refractivity contribution in [2.75, 3.05) is 19.6 Å². The first-order valence-corrected chi connectivity index (χ1v) is 9.34. The lowest BCUT2D eigenvalue weighted by Gasteiger charge is -2.32. The maximum atomic E-state index is 12.1. The molecule has 25 heavy (non-hydrogen) atoms. The molecule has 1 saturated heterocycles. The molecule has 1 heterocycles. The van der Waals surface area contributed by atoms with Crippen molar-refractivity contribution < 1.29 is 4.79 Å². The Morgan fingerprint density at radius 3 is 2.36 bits per heavy atom. The topological polar surface area (TPSA) is 32.3 Å². The fourth-order valence-corrected chi connectivity index (χ4v) is 3.42. The Labute approximate surface area is 155 Å². The molecule has 0 aliphatic carbocycles. The van der Waals surface area contributed by atoms with E-state index in [9.17, 15) is 4.79 Å². The maximum absolute atomic E-state index is 12.1. The third-order valence-corrected chi connectivity index (χ3v) is 5.07. The smallest absolute Gasteiger partial charge is 0.224 e. The van der Waals surface area contributed by atoms with Crippen LogP contribution in [0.4, 0.5) is 0 Å². The zero-order chi connectivity index (χ0) is 17.5. The highest BCUT2D eigenvalue weighted by molar-refractivity contribution is 6.30. The highest BCUT2D eigenvalue weighted by Crippen LogP contribution is 2.18. The van der Waals surface area contributed by atoms with Gasteiger partial charge in [-0.05, 0) is 55.1 Å². The molecular formula is C21H25ClN2O. The lowest BCUT2D eigenvalue weighted by Crippen LogP contribution is -2.38. The Kier molecular flexibility index (Phi) is 6.48. The zero-order valence-corrected chi connectivity index (χ0v) is 15.2. The number of piperidine rings is 1. The summed E-state index contributed by atoms with van der Waals surface area (Å²) in [6.45, 7) is 4.02. The monoisotopic (exact) mass is 356 g/mol. The van der Waals surface area contributed by atoms with Crippen molar-refractivity contribution in [1.82, 2.24) is 10.2 Å². The average Bonchev–Trinajstić information content (AvgIpc) is 2.64. The summed E-state index contributed by atoms with van der Waals surface area (Å²) < 4.78 is 0. The highest BCUT2D eigenvalue weighted by Gasteiger charge is 2.19. The van der Waals surface area contributed by atoms with Crippen LogP contribution in [0.3, 0.4) is 0 Å². The van der Waals surface area contributed by atoms with Crippen LogP contribution in [0.15, 0.2) is 54.6 Å². The van der Waals surface area contributed by atoms with Crippen molar-refractivity contribution in [2.45, 2.75) is 25.8 Å². The SMILES string of the molecule is O=C(Cc1ccc(Cl)cc1)NCC1CCN(Cc2ccccc2)CC1. The van der Waals surface area contributed by atoms with Crippen molar-refractivity contribution in [2.24, 2.45) is 5.92 Å². The summed E-state index contributed by atoms with van der Waals surface area (Å²) in [5, 5.41) is 3.79. The first kappa shape index (κ1) is 18.0. The number of nitrogens with zero attached hydrogens (tertiary/aromatic N) is 1. The Morgan fingerprint density at radius 2 is 1.68 bits per heavy atom. The van der Waals surface area contributed by atoms with Crippen LogP contribution in [0.5, 0.6) is 0 Å². The van der Waals surface area contributed by atoms with Gasteiger partial charge in [-0.15, -0.1) is 0 Å². The van der Waals surface area contributed by atoms with Crippen LogP contribution in [0.25, 0.3) is 0 Å². The molecule has 0 unspecified atom stereocenters. The molecule has 0 aromatic heterocycles. The molecule has 1 amide bonds. The van der Waals surface area contributed by atoms with Crippen LogP contribution in [-0.4, -0.2) is 30.4 Å².